The third kappa shape index (κ3) is 4.44. The molecule has 11 rings (SSSR count). The maximum atomic E-state index is 5.35. The molecule has 2 aromatic heterocycles. The number of nitrogens with zero attached hydrogens (tertiary/aromatic N) is 3. The molecule has 2 aliphatic rings. The van der Waals surface area contributed by atoms with Gasteiger partial charge in [-0.3, -0.25) is 4.98 Å². The summed E-state index contributed by atoms with van der Waals surface area (Å²) >= 11 is 0. The Labute approximate surface area is 308 Å². The van der Waals surface area contributed by atoms with Gasteiger partial charge in [-0.2, -0.15) is 0 Å². The number of hydrogen-bond donors (Lipinski definition) is 0. The second kappa shape index (κ2) is 11.5. The molecule has 0 unspecified atom stereocenters. The molecule has 2 aliphatic carbocycles. The Hall–Kier alpha value is -6.97. The topological polar surface area (TPSA) is 38.7 Å². The van der Waals surface area contributed by atoms with Crippen molar-refractivity contribution < 1.29 is 0 Å². The van der Waals surface area contributed by atoms with Gasteiger partial charge in [-0.15, -0.1) is 0 Å². The van der Waals surface area contributed by atoms with E-state index >= 15 is 0 Å². The average molecular weight is 674 g/mol. The fraction of sp³-hybridized carbons (Fsp3) is 0.0200. The fourth-order valence-corrected chi connectivity index (χ4v) is 8.85. The molecule has 0 aliphatic heterocycles. The molecule has 0 saturated carbocycles. The Morgan fingerprint density at radius 1 is 0.340 bits per heavy atom. The number of aromatic nitrogens is 3. The molecule has 0 saturated heterocycles. The van der Waals surface area contributed by atoms with Crippen LogP contribution in [0.4, 0.5) is 0 Å². The van der Waals surface area contributed by atoms with Crippen molar-refractivity contribution in [2.45, 2.75) is 5.41 Å². The molecule has 0 fully saturated rings. The largest absolute Gasteiger partial charge is 0.264 e. The molecule has 1 spiro atoms. The molecular formula is C50H31N3. The predicted octanol–water partition coefficient (Wildman–Crippen LogP) is 12.0. The highest BCUT2D eigenvalue weighted by atomic mass is 14.9. The van der Waals surface area contributed by atoms with Crippen LogP contribution in [0.3, 0.4) is 0 Å². The number of pyridine rings is 1. The zero-order chi connectivity index (χ0) is 34.9. The van der Waals surface area contributed by atoms with Crippen LogP contribution in [0.1, 0.15) is 22.3 Å². The molecule has 246 valence electrons. The fourth-order valence-electron chi connectivity index (χ4n) is 8.85. The van der Waals surface area contributed by atoms with Gasteiger partial charge in [0.1, 0.15) is 0 Å². The zero-order valence-electron chi connectivity index (χ0n) is 28.7. The van der Waals surface area contributed by atoms with Crippen LogP contribution in [0.5, 0.6) is 0 Å². The van der Waals surface area contributed by atoms with E-state index in [1.165, 1.54) is 55.3 Å². The zero-order valence-corrected chi connectivity index (χ0v) is 28.7. The lowest BCUT2D eigenvalue weighted by Crippen LogP contribution is -2.25. The van der Waals surface area contributed by atoms with Crippen LogP contribution in [-0.4, -0.2) is 15.0 Å². The second-order valence-corrected chi connectivity index (χ2v) is 14.0. The van der Waals surface area contributed by atoms with E-state index in [9.17, 15) is 0 Å². The Morgan fingerprint density at radius 2 is 0.906 bits per heavy atom. The molecule has 2 heterocycles. The van der Waals surface area contributed by atoms with Gasteiger partial charge >= 0.3 is 0 Å². The molecule has 7 aromatic carbocycles. The molecule has 0 radical (unpaired) electrons. The lowest BCUT2D eigenvalue weighted by atomic mass is 9.70. The van der Waals surface area contributed by atoms with E-state index in [-0.39, 0.29) is 0 Å². The van der Waals surface area contributed by atoms with E-state index in [2.05, 4.69) is 175 Å². The van der Waals surface area contributed by atoms with Crippen molar-refractivity contribution in [2.75, 3.05) is 0 Å². The minimum absolute atomic E-state index is 0.439. The van der Waals surface area contributed by atoms with Gasteiger partial charge in [-0.25, -0.2) is 9.97 Å². The minimum Gasteiger partial charge on any atom is -0.264 e. The van der Waals surface area contributed by atoms with Gasteiger partial charge < -0.3 is 0 Å². The van der Waals surface area contributed by atoms with Crippen LogP contribution in [0.15, 0.2) is 188 Å². The van der Waals surface area contributed by atoms with Crippen molar-refractivity contribution in [3.8, 4) is 67.3 Å². The van der Waals surface area contributed by atoms with Gasteiger partial charge in [0.05, 0.1) is 16.8 Å². The van der Waals surface area contributed by atoms with Crippen molar-refractivity contribution in [3.63, 3.8) is 0 Å². The molecule has 0 N–H and O–H groups in total. The quantitative estimate of drug-likeness (QED) is 0.187. The van der Waals surface area contributed by atoms with E-state index in [4.69, 9.17) is 9.97 Å². The van der Waals surface area contributed by atoms with E-state index in [1.54, 1.807) is 0 Å². The summed E-state index contributed by atoms with van der Waals surface area (Å²) in [6.45, 7) is 0. The number of rotatable bonds is 4. The number of fused-ring (bicyclic) bond motifs is 11. The van der Waals surface area contributed by atoms with E-state index in [0.29, 0.717) is 5.82 Å². The predicted molar refractivity (Wildman–Crippen MR) is 215 cm³/mol. The third-order valence-electron chi connectivity index (χ3n) is 11.2. The average Bonchev–Trinajstić information content (AvgIpc) is 3.71. The Bertz CT molecular complexity index is 2840. The molecule has 9 aromatic rings. The van der Waals surface area contributed by atoms with E-state index in [1.807, 2.05) is 18.5 Å². The normalized spacial score (nSPS) is 13.1. The maximum absolute atomic E-state index is 5.35. The molecular weight excluding hydrogens is 643 g/mol. The lowest BCUT2D eigenvalue weighted by molar-refractivity contribution is 0.794. The van der Waals surface area contributed by atoms with Gasteiger partial charge in [0, 0.05) is 34.6 Å². The highest BCUT2D eigenvalue weighted by Gasteiger charge is 2.51. The standard InChI is InChI=1S/C50H31N3/c1-2-12-33-27-36(23-22-32(33)11-1)48-30-47(35-14-9-13-34(28-35)38-15-10-26-51-31-38)52-49(53-48)37-24-25-42-41-18-5-8-21-45(41)50(46(42)29-37)43-19-6-3-16-39(43)40-17-4-7-20-44(40)50/h1-31H. The van der Waals surface area contributed by atoms with Gasteiger partial charge in [0.25, 0.3) is 0 Å². The van der Waals surface area contributed by atoms with Gasteiger partial charge in [0.2, 0.25) is 0 Å². The summed E-state index contributed by atoms with van der Waals surface area (Å²) in [5.74, 6) is 0.700. The van der Waals surface area contributed by atoms with Crippen molar-refractivity contribution in [1.82, 2.24) is 15.0 Å². The minimum atomic E-state index is -0.439. The smallest absolute Gasteiger partial charge is 0.160 e. The van der Waals surface area contributed by atoms with Crippen LogP contribution in [0.2, 0.25) is 0 Å². The van der Waals surface area contributed by atoms with Gasteiger partial charge in [-0.05, 0) is 91.2 Å². The first kappa shape index (κ1) is 29.7. The number of benzene rings is 7. The van der Waals surface area contributed by atoms with E-state index < -0.39 is 5.41 Å². The monoisotopic (exact) mass is 673 g/mol. The first-order valence-corrected chi connectivity index (χ1v) is 18.1. The van der Waals surface area contributed by atoms with E-state index in [0.717, 1.165) is 39.2 Å². The summed E-state index contributed by atoms with van der Waals surface area (Å²) in [5.41, 5.74) is 16.9. The van der Waals surface area contributed by atoms with Crippen LogP contribution in [0.25, 0.3) is 78.1 Å². The van der Waals surface area contributed by atoms with Crippen LogP contribution >= 0.6 is 0 Å². The van der Waals surface area contributed by atoms with Crippen LogP contribution < -0.4 is 0 Å². The molecule has 3 heteroatoms. The second-order valence-electron chi connectivity index (χ2n) is 14.0. The van der Waals surface area contributed by atoms with Crippen LogP contribution in [-0.2, 0) is 5.41 Å². The van der Waals surface area contributed by atoms with Crippen LogP contribution in [0, 0.1) is 0 Å². The van der Waals surface area contributed by atoms with Gasteiger partial charge in [0.15, 0.2) is 5.82 Å². The molecule has 0 atom stereocenters. The summed E-state index contributed by atoms with van der Waals surface area (Å²) in [6, 6.07) is 63.5. The van der Waals surface area contributed by atoms with Crippen molar-refractivity contribution >= 4 is 10.8 Å². The Kier molecular flexibility index (Phi) is 6.47. The summed E-state index contributed by atoms with van der Waals surface area (Å²) in [7, 11) is 0. The lowest BCUT2D eigenvalue weighted by Gasteiger charge is -2.30. The molecule has 0 amide bonds. The first-order valence-electron chi connectivity index (χ1n) is 18.1. The van der Waals surface area contributed by atoms with Gasteiger partial charge in [-0.1, -0.05) is 146 Å². The van der Waals surface area contributed by atoms with Crippen molar-refractivity contribution in [1.29, 1.82) is 0 Å². The summed E-state index contributed by atoms with van der Waals surface area (Å²) in [6.07, 6.45) is 3.71. The highest BCUT2D eigenvalue weighted by Crippen LogP contribution is 2.63. The number of hydrogen-bond acceptors (Lipinski definition) is 3. The van der Waals surface area contributed by atoms with Crippen molar-refractivity contribution in [3.05, 3.63) is 211 Å². The maximum Gasteiger partial charge on any atom is 0.160 e. The SMILES string of the molecule is c1cncc(-c2cccc(-c3cc(-c4ccc5ccccc5c4)nc(-c4ccc5c(c4)C4(c6ccccc6-c6ccccc64)c4ccccc4-5)n3)c2)c1. The molecule has 53 heavy (non-hydrogen) atoms. The molecule has 3 nitrogen and oxygen atoms in total. The molecule has 0 bridgehead atoms. The Balaban J connectivity index is 1.15. The summed E-state index contributed by atoms with van der Waals surface area (Å²) in [4.78, 5) is 15.1. The third-order valence-corrected chi connectivity index (χ3v) is 11.2. The van der Waals surface area contributed by atoms with Crippen molar-refractivity contribution in [2.24, 2.45) is 0 Å². The summed E-state index contributed by atoms with van der Waals surface area (Å²) < 4.78 is 0. The first-order chi connectivity index (χ1) is 26.3. The Morgan fingerprint density at radius 3 is 1.58 bits per heavy atom. The highest BCUT2D eigenvalue weighted by molar-refractivity contribution is 5.96. The summed E-state index contributed by atoms with van der Waals surface area (Å²) in [5, 5.41) is 2.39.